The number of sulfonamides is 1. The third kappa shape index (κ3) is 2.93. The highest BCUT2D eigenvalue weighted by molar-refractivity contribution is 7.89. The highest BCUT2D eigenvalue weighted by Gasteiger charge is 2.34. The van der Waals surface area contributed by atoms with Crippen molar-refractivity contribution in [2.45, 2.75) is 31.3 Å². The molecule has 0 saturated carbocycles. The van der Waals surface area contributed by atoms with Crippen LogP contribution in [-0.4, -0.2) is 47.0 Å². The molecule has 0 aromatic carbocycles. The zero-order valence-electron chi connectivity index (χ0n) is 14.4. The summed E-state index contributed by atoms with van der Waals surface area (Å²) in [6.45, 7) is 4.30. The third-order valence-corrected chi connectivity index (χ3v) is 6.31. The van der Waals surface area contributed by atoms with E-state index >= 15 is 0 Å². The van der Waals surface area contributed by atoms with E-state index in [1.165, 1.54) is 10.5 Å². The Morgan fingerprint density at radius 1 is 1.27 bits per heavy atom. The van der Waals surface area contributed by atoms with Gasteiger partial charge in [0.15, 0.2) is 0 Å². The first kappa shape index (κ1) is 16.9. The summed E-state index contributed by atoms with van der Waals surface area (Å²) in [5, 5.41) is 4.41. The number of pyridine rings is 2. The topological polar surface area (TPSA) is 98.4 Å². The number of aromatic nitrogens is 3. The fourth-order valence-electron chi connectivity index (χ4n) is 3.00. The zero-order valence-corrected chi connectivity index (χ0v) is 15.2. The van der Waals surface area contributed by atoms with Gasteiger partial charge < -0.3 is 9.26 Å². The molecule has 0 bridgehead atoms. The van der Waals surface area contributed by atoms with Crippen molar-refractivity contribution in [2.24, 2.45) is 0 Å². The summed E-state index contributed by atoms with van der Waals surface area (Å²) in [5.41, 5.74) is 1.72. The Hall–Kier alpha value is -2.52. The van der Waals surface area contributed by atoms with Crippen LogP contribution >= 0.6 is 0 Å². The number of aryl methyl sites for hydroxylation is 2. The smallest absolute Gasteiger partial charge is 0.257 e. The summed E-state index contributed by atoms with van der Waals surface area (Å²) in [7, 11) is -3.65. The Morgan fingerprint density at radius 3 is 2.92 bits per heavy atom. The predicted molar refractivity (Wildman–Crippen MR) is 93.3 cm³/mol. The van der Waals surface area contributed by atoms with Crippen molar-refractivity contribution < 1.29 is 17.7 Å². The Kier molecular flexibility index (Phi) is 4.12. The van der Waals surface area contributed by atoms with Crippen LogP contribution in [0.1, 0.15) is 17.8 Å². The second kappa shape index (κ2) is 6.33. The fraction of sp³-hybridized carbons (Fsp3) is 0.353. The van der Waals surface area contributed by atoms with Crippen LogP contribution in [0.5, 0.6) is 5.75 Å². The number of hydrogen-bond acceptors (Lipinski definition) is 7. The van der Waals surface area contributed by atoms with Crippen molar-refractivity contribution in [3.63, 3.8) is 0 Å². The largest absolute Gasteiger partial charge is 0.487 e. The predicted octanol–water partition coefficient (Wildman–Crippen LogP) is 2.08. The summed E-state index contributed by atoms with van der Waals surface area (Å²) in [6.07, 6.45) is 3.42. The molecule has 0 spiro atoms. The SMILES string of the molecule is Cc1ncccc1OC1CCN(S(=O)(=O)c2cnc3onc(C)c3c2)C1. The molecule has 136 valence electrons. The van der Waals surface area contributed by atoms with Crippen LogP contribution in [0.15, 0.2) is 40.0 Å². The van der Waals surface area contributed by atoms with Crippen molar-refractivity contribution in [1.82, 2.24) is 19.4 Å². The van der Waals surface area contributed by atoms with E-state index < -0.39 is 10.0 Å². The van der Waals surface area contributed by atoms with Crippen LogP contribution in [0.25, 0.3) is 11.1 Å². The zero-order chi connectivity index (χ0) is 18.3. The minimum Gasteiger partial charge on any atom is -0.487 e. The van der Waals surface area contributed by atoms with Crippen LogP contribution < -0.4 is 4.74 Å². The third-order valence-electron chi connectivity index (χ3n) is 4.48. The summed E-state index contributed by atoms with van der Waals surface area (Å²) >= 11 is 0. The molecule has 1 atom stereocenters. The van der Waals surface area contributed by atoms with Crippen LogP contribution in [0.4, 0.5) is 0 Å². The van der Waals surface area contributed by atoms with Crippen molar-refractivity contribution in [3.05, 3.63) is 42.0 Å². The first-order chi connectivity index (χ1) is 12.4. The molecule has 1 aliphatic rings. The molecule has 0 N–H and O–H groups in total. The normalized spacial score (nSPS) is 18.5. The van der Waals surface area contributed by atoms with Crippen molar-refractivity contribution in [3.8, 4) is 5.75 Å². The van der Waals surface area contributed by atoms with Gasteiger partial charge in [-0.1, -0.05) is 5.16 Å². The lowest BCUT2D eigenvalue weighted by Crippen LogP contribution is -2.31. The molecule has 0 radical (unpaired) electrons. The van der Waals surface area contributed by atoms with Gasteiger partial charge in [0.05, 0.1) is 29.5 Å². The van der Waals surface area contributed by atoms with Gasteiger partial charge in [-0.05, 0) is 38.5 Å². The molecule has 4 rings (SSSR count). The minimum absolute atomic E-state index is 0.134. The van der Waals surface area contributed by atoms with E-state index in [0.29, 0.717) is 35.5 Å². The summed E-state index contributed by atoms with van der Waals surface area (Å²) in [4.78, 5) is 8.39. The molecule has 1 saturated heterocycles. The molecule has 26 heavy (non-hydrogen) atoms. The Labute approximate surface area is 150 Å². The van der Waals surface area contributed by atoms with Gasteiger partial charge in [0.2, 0.25) is 10.0 Å². The monoisotopic (exact) mass is 374 g/mol. The Balaban J connectivity index is 1.55. The van der Waals surface area contributed by atoms with Crippen LogP contribution in [0, 0.1) is 13.8 Å². The number of nitrogens with zero attached hydrogens (tertiary/aromatic N) is 4. The van der Waals surface area contributed by atoms with Crippen molar-refractivity contribution in [2.75, 3.05) is 13.1 Å². The maximum Gasteiger partial charge on any atom is 0.257 e. The van der Waals surface area contributed by atoms with E-state index in [1.807, 2.05) is 13.0 Å². The fourth-order valence-corrected chi connectivity index (χ4v) is 4.46. The van der Waals surface area contributed by atoms with Crippen molar-refractivity contribution in [1.29, 1.82) is 0 Å². The van der Waals surface area contributed by atoms with Gasteiger partial charge >= 0.3 is 0 Å². The molecule has 1 unspecified atom stereocenters. The molecule has 1 fully saturated rings. The summed E-state index contributed by atoms with van der Waals surface area (Å²) in [5.74, 6) is 0.680. The number of fused-ring (bicyclic) bond motifs is 1. The highest BCUT2D eigenvalue weighted by Crippen LogP contribution is 2.27. The quantitative estimate of drug-likeness (QED) is 0.689. The van der Waals surface area contributed by atoms with Gasteiger partial charge in [-0.3, -0.25) is 4.98 Å². The summed E-state index contributed by atoms with van der Waals surface area (Å²) < 4.78 is 38.3. The molecule has 3 aromatic heterocycles. The first-order valence-electron chi connectivity index (χ1n) is 8.25. The van der Waals surface area contributed by atoms with E-state index in [1.54, 1.807) is 25.3 Å². The van der Waals surface area contributed by atoms with E-state index in [2.05, 4.69) is 15.1 Å². The lowest BCUT2D eigenvalue weighted by Gasteiger charge is -2.17. The van der Waals surface area contributed by atoms with Gasteiger partial charge in [0, 0.05) is 12.7 Å². The molecule has 8 nitrogen and oxygen atoms in total. The van der Waals surface area contributed by atoms with Crippen LogP contribution in [0.2, 0.25) is 0 Å². The molecular formula is C17H18N4O4S. The van der Waals surface area contributed by atoms with E-state index in [9.17, 15) is 8.42 Å². The Morgan fingerprint density at radius 2 is 2.12 bits per heavy atom. The van der Waals surface area contributed by atoms with E-state index in [0.717, 1.165) is 5.69 Å². The van der Waals surface area contributed by atoms with Crippen molar-refractivity contribution >= 4 is 21.1 Å². The molecule has 0 aliphatic carbocycles. The second-order valence-electron chi connectivity index (χ2n) is 6.27. The number of hydrogen-bond donors (Lipinski definition) is 0. The summed E-state index contributed by atoms with van der Waals surface area (Å²) in [6, 6.07) is 5.20. The van der Waals surface area contributed by atoms with Gasteiger partial charge in [0.1, 0.15) is 16.7 Å². The van der Waals surface area contributed by atoms with Gasteiger partial charge in [-0.25, -0.2) is 13.4 Å². The van der Waals surface area contributed by atoms with Gasteiger partial charge in [-0.15, -0.1) is 0 Å². The van der Waals surface area contributed by atoms with Crippen LogP contribution in [-0.2, 0) is 10.0 Å². The molecule has 1 aliphatic heterocycles. The lowest BCUT2D eigenvalue weighted by molar-refractivity contribution is 0.213. The molecule has 3 aromatic rings. The first-order valence-corrected chi connectivity index (χ1v) is 9.69. The number of rotatable bonds is 4. The van der Waals surface area contributed by atoms with Crippen LogP contribution in [0.3, 0.4) is 0 Å². The molecule has 9 heteroatoms. The van der Waals surface area contributed by atoms with E-state index in [4.69, 9.17) is 9.26 Å². The maximum absolute atomic E-state index is 12.9. The van der Waals surface area contributed by atoms with Gasteiger partial charge in [-0.2, -0.15) is 4.31 Å². The molecule has 4 heterocycles. The Bertz CT molecular complexity index is 1060. The maximum atomic E-state index is 12.9. The van der Waals surface area contributed by atoms with E-state index in [-0.39, 0.29) is 17.5 Å². The lowest BCUT2D eigenvalue weighted by atomic mass is 10.3. The minimum atomic E-state index is -3.65. The molecular weight excluding hydrogens is 356 g/mol. The second-order valence-corrected chi connectivity index (χ2v) is 8.21. The van der Waals surface area contributed by atoms with Gasteiger partial charge in [0.25, 0.3) is 5.71 Å². The highest BCUT2D eigenvalue weighted by atomic mass is 32.2. The molecule has 0 amide bonds. The number of ether oxygens (including phenoxy) is 1. The average molecular weight is 374 g/mol. The standard InChI is InChI=1S/C17H18N4O4S/c1-11-15-8-14(9-19-17(15)25-20-11)26(22,23)21-7-5-13(10-21)24-16-4-3-6-18-12(16)2/h3-4,6,8-9,13H,5,7,10H2,1-2H3. The average Bonchev–Trinajstić information content (AvgIpc) is 3.24.